The third-order valence-corrected chi connectivity index (χ3v) is 4.22. The van der Waals surface area contributed by atoms with Gasteiger partial charge in [-0.25, -0.2) is 4.98 Å². The molecule has 0 radical (unpaired) electrons. The van der Waals surface area contributed by atoms with Crippen molar-refractivity contribution < 1.29 is 28.9 Å². The van der Waals surface area contributed by atoms with Gasteiger partial charge in [-0.05, 0) is 19.3 Å². The van der Waals surface area contributed by atoms with Crippen molar-refractivity contribution in [2.24, 2.45) is 11.8 Å². The van der Waals surface area contributed by atoms with Gasteiger partial charge in [-0.3, -0.25) is 9.59 Å². The molecule has 0 aromatic carbocycles. The Balaban J connectivity index is 2.76. The van der Waals surface area contributed by atoms with Crippen LogP contribution in [-0.4, -0.2) is 47.8 Å². The Morgan fingerprint density at radius 2 is 1.89 bits per heavy atom. The zero-order chi connectivity index (χ0) is 20.6. The smallest absolute Gasteiger partial charge is 0.309 e. The molecule has 1 rings (SSSR count). The summed E-state index contributed by atoms with van der Waals surface area (Å²) in [4.78, 5) is 28.8. The molecule has 0 saturated carbocycles. The van der Waals surface area contributed by atoms with E-state index in [2.05, 4.69) is 4.98 Å². The van der Waals surface area contributed by atoms with Crippen LogP contribution in [0.1, 0.15) is 57.9 Å². The van der Waals surface area contributed by atoms with Crippen LogP contribution in [0, 0.1) is 11.8 Å². The topological polar surface area (TPSA) is 95.0 Å². The molecule has 0 saturated heterocycles. The molecule has 152 valence electrons. The maximum Gasteiger partial charge on any atom is 0.309 e. The number of carbonyl (C=O) groups is 2. The van der Waals surface area contributed by atoms with Gasteiger partial charge in [0.2, 0.25) is 0 Å². The number of aromatic nitrogens is 1. The zero-order valence-corrected chi connectivity index (χ0v) is 17.0. The average molecular weight is 381 g/mol. The van der Waals surface area contributed by atoms with Gasteiger partial charge in [-0.15, -0.1) is 0 Å². The number of Topliss-reactive ketones (excluding diaryl/α,β-unsaturated/α-hetero) is 1. The van der Waals surface area contributed by atoms with E-state index in [0.29, 0.717) is 6.61 Å². The van der Waals surface area contributed by atoms with Crippen molar-refractivity contribution in [3.05, 3.63) is 18.0 Å². The number of nitrogens with zero attached hydrogens (tertiary/aromatic N) is 1. The van der Waals surface area contributed by atoms with Crippen LogP contribution in [0.25, 0.3) is 0 Å². The average Bonchev–Trinajstić information content (AvgIpc) is 2.63. The van der Waals surface area contributed by atoms with Crippen molar-refractivity contribution in [3.63, 3.8) is 0 Å². The number of hydrogen-bond acceptors (Lipinski definition) is 7. The van der Waals surface area contributed by atoms with Crippen LogP contribution in [0.5, 0.6) is 11.5 Å². The summed E-state index contributed by atoms with van der Waals surface area (Å²) in [6.07, 6.45) is 1.49. The van der Waals surface area contributed by atoms with Gasteiger partial charge in [0, 0.05) is 25.3 Å². The molecule has 0 spiro atoms. The Hall–Kier alpha value is -2.15. The number of hydrogen-bond donors (Lipinski definition) is 1. The summed E-state index contributed by atoms with van der Waals surface area (Å²) >= 11 is 0. The Labute approximate surface area is 161 Å². The predicted octanol–water partition coefficient (Wildman–Crippen LogP) is 3.39. The van der Waals surface area contributed by atoms with E-state index in [-0.39, 0.29) is 35.6 Å². The van der Waals surface area contributed by atoms with Gasteiger partial charge < -0.3 is 19.3 Å². The van der Waals surface area contributed by atoms with Crippen molar-refractivity contribution in [2.75, 3.05) is 13.7 Å². The molecule has 0 bridgehead atoms. The number of pyridine rings is 1. The summed E-state index contributed by atoms with van der Waals surface area (Å²) in [6, 6.07) is 1.45. The number of methoxy groups -OCH3 is 1. The fourth-order valence-electron chi connectivity index (χ4n) is 2.69. The minimum atomic E-state index is -0.676. The van der Waals surface area contributed by atoms with Gasteiger partial charge in [0.05, 0.1) is 19.1 Å². The first-order valence-corrected chi connectivity index (χ1v) is 9.30. The third-order valence-electron chi connectivity index (χ3n) is 4.22. The lowest BCUT2D eigenvalue weighted by atomic mass is 10.00. The number of rotatable bonds is 11. The summed E-state index contributed by atoms with van der Waals surface area (Å²) in [6.45, 7) is 10.0. The molecule has 0 fully saturated rings. The van der Waals surface area contributed by atoms with E-state index >= 15 is 0 Å². The summed E-state index contributed by atoms with van der Waals surface area (Å²) in [5.74, 6) is -1.70. The van der Waals surface area contributed by atoms with Crippen molar-refractivity contribution in [1.29, 1.82) is 0 Å². The quantitative estimate of drug-likeness (QED) is 0.464. The van der Waals surface area contributed by atoms with E-state index < -0.39 is 23.8 Å². The highest BCUT2D eigenvalue weighted by atomic mass is 16.6. The zero-order valence-electron chi connectivity index (χ0n) is 17.0. The first-order valence-electron chi connectivity index (χ1n) is 9.30. The van der Waals surface area contributed by atoms with Crippen molar-refractivity contribution in [1.82, 2.24) is 4.98 Å². The van der Waals surface area contributed by atoms with E-state index in [1.165, 1.54) is 19.4 Å². The molecule has 0 aliphatic heterocycles. The van der Waals surface area contributed by atoms with E-state index in [1.807, 2.05) is 27.7 Å². The lowest BCUT2D eigenvalue weighted by Gasteiger charge is -2.28. The number of ether oxygens (including phenoxy) is 3. The van der Waals surface area contributed by atoms with Crippen LogP contribution in [0.15, 0.2) is 12.3 Å². The molecule has 27 heavy (non-hydrogen) atoms. The molecule has 1 aromatic rings. The van der Waals surface area contributed by atoms with E-state index in [0.717, 1.165) is 6.42 Å². The molecule has 1 heterocycles. The van der Waals surface area contributed by atoms with Crippen molar-refractivity contribution in [3.8, 4) is 11.5 Å². The maximum absolute atomic E-state index is 12.5. The predicted molar refractivity (Wildman–Crippen MR) is 101 cm³/mol. The van der Waals surface area contributed by atoms with Gasteiger partial charge in [-0.2, -0.15) is 0 Å². The SMILES string of the molecule is CCCO[C@@H](C)[C@H](OC(=O)[C@H](C)CC(=O)c1nccc(OC)c1O)C(C)C. The molecule has 0 amide bonds. The molecule has 7 nitrogen and oxygen atoms in total. The normalized spacial score (nSPS) is 14.5. The first kappa shape index (κ1) is 22.9. The van der Waals surface area contributed by atoms with Crippen LogP contribution >= 0.6 is 0 Å². The fourth-order valence-corrected chi connectivity index (χ4v) is 2.69. The molecule has 3 atom stereocenters. The van der Waals surface area contributed by atoms with E-state index in [4.69, 9.17) is 14.2 Å². The highest BCUT2D eigenvalue weighted by molar-refractivity contribution is 5.99. The molecule has 0 unspecified atom stereocenters. The Bertz CT molecular complexity index is 631. The lowest BCUT2D eigenvalue weighted by molar-refractivity contribution is -0.165. The molecular formula is C20H31NO6. The fraction of sp³-hybridized carbons (Fsp3) is 0.650. The van der Waals surface area contributed by atoms with Gasteiger partial charge in [0.25, 0.3) is 0 Å². The second-order valence-corrected chi connectivity index (χ2v) is 6.96. The Kier molecular flexibility index (Phi) is 9.21. The third kappa shape index (κ3) is 6.50. The summed E-state index contributed by atoms with van der Waals surface area (Å²) in [5, 5.41) is 10.0. The molecular weight excluding hydrogens is 350 g/mol. The van der Waals surface area contributed by atoms with Crippen LogP contribution in [0.3, 0.4) is 0 Å². The molecule has 1 N–H and O–H groups in total. The van der Waals surface area contributed by atoms with E-state index in [9.17, 15) is 14.7 Å². The number of ketones is 1. The number of esters is 1. The monoisotopic (exact) mass is 381 g/mol. The van der Waals surface area contributed by atoms with Crippen molar-refractivity contribution in [2.45, 2.75) is 59.7 Å². The van der Waals surface area contributed by atoms with Crippen molar-refractivity contribution >= 4 is 11.8 Å². The van der Waals surface area contributed by atoms with Crippen LogP contribution in [0.4, 0.5) is 0 Å². The minimum absolute atomic E-state index is 0.0767. The summed E-state index contributed by atoms with van der Waals surface area (Å²) in [7, 11) is 1.39. The van der Waals surface area contributed by atoms with Crippen LogP contribution in [0.2, 0.25) is 0 Å². The number of aromatic hydroxyl groups is 1. The van der Waals surface area contributed by atoms with Gasteiger partial charge in [0.1, 0.15) is 6.10 Å². The molecule has 0 aliphatic rings. The van der Waals surface area contributed by atoms with E-state index in [1.54, 1.807) is 6.92 Å². The summed E-state index contributed by atoms with van der Waals surface area (Å²) < 4.78 is 16.3. The molecule has 7 heteroatoms. The largest absolute Gasteiger partial charge is 0.503 e. The summed E-state index contributed by atoms with van der Waals surface area (Å²) in [5.41, 5.74) is -0.117. The second kappa shape index (κ2) is 10.9. The molecule has 1 aromatic heterocycles. The first-order chi connectivity index (χ1) is 12.7. The number of carbonyl (C=O) groups excluding carboxylic acids is 2. The maximum atomic E-state index is 12.5. The van der Waals surface area contributed by atoms with Gasteiger partial charge in [-0.1, -0.05) is 27.7 Å². The molecule has 0 aliphatic carbocycles. The standard InChI is InChI=1S/C20H31NO6/c1-7-10-26-14(5)19(12(2)3)27-20(24)13(4)11-15(22)17-18(23)16(25-6)8-9-21-17/h8-9,12-14,19,23H,7,10-11H2,1-6H3/t13-,14+,19-/m1/s1. The highest BCUT2D eigenvalue weighted by Gasteiger charge is 2.29. The lowest BCUT2D eigenvalue weighted by Crippen LogP contribution is -2.37. The van der Waals surface area contributed by atoms with Crippen LogP contribution in [-0.2, 0) is 14.3 Å². The highest BCUT2D eigenvalue weighted by Crippen LogP contribution is 2.29. The Morgan fingerprint density at radius 1 is 1.22 bits per heavy atom. The van der Waals surface area contributed by atoms with Gasteiger partial charge >= 0.3 is 5.97 Å². The van der Waals surface area contributed by atoms with Crippen LogP contribution < -0.4 is 4.74 Å². The Morgan fingerprint density at radius 3 is 2.44 bits per heavy atom. The van der Waals surface area contributed by atoms with Gasteiger partial charge in [0.15, 0.2) is 23.0 Å². The second-order valence-electron chi connectivity index (χ2n) is 6.96. The minimum Gasteiger partial charge on any atom is -0.503 e.